The molecule has 0 bridgehead atoms. The van der Waals surface area contributed by atoms with E-state index in [9.17, 15) is 13.2 Å². The predicted molar refractivity (Wildman–Crippen MR) is 109 cm³/mol. The molecule has 7 heteroatoms. The van der Waals surface area contributed by atoms with Crippen LogP contribution in [0.1, 0.15) is 17.7 Å². The Morgan fingerprint density at radius 3 is 2.46 bits per heavy atom. The normalized spacial score (nSPS) is 12.6. The van der Waals surface area contributed by atoms with Crippen molar-refractivity contribution in [2.75, 3.05) is 6.26 Å². The molecule has 3 aromatic rings. The Balaban J connectivity index is 1.58. The number of carbonyl (C=O) groups excluding carboxylic acids is 1. The number of rotatable bonds is 8. The highest BCUT2D eigenvalue weighted by molar-refractivity contribution is 7.92. The average Bonchev–Trinajstić information content (AvgIpc) is 2.66. The monoisotopic (exact) mass is 398 g/mol. The van der Waals surface area contributed by atoms with Crippen molar-refractivity contribution < 1.29 is 17.9 Å². The van der Waals surface area contributed by atoms with Crippen molar-refractivity contribution in [2.45, 2.75) is 24.7 Å². The van der Waals surface area contributed by atoms with Crippen LogP contribution in [0.3, 0.4) is 0 Å². The molecule has 0 aliphatic carbocycles. The van der Waals surface area contributed by atoms with Crippen LogP contribution in [0.15, 0.2) is 60.7 Å². The standard InChI is InChI=1S/C21H22N2O4S/c1-28(25,26)20(21(22)24)13-8-15-6-11-18(12-7-15)27-14-17-10-9-16-4-2-3-5-19(16)23-17/h2-7,9-12,20H,8,13-14H2,1H3,(H2,22,24). The van der Waals surface area contributed by atoms with Gasteiger partial charge in [-0.2, -0.15) is 0 Å². The zero-order valence-corrected chi connectivity index (χ0v) is 16.4. The predicted octanol–water partition coefficient (Wildman–Crippen LogP) is 2.64. The molecule has 28 heavy (non-hydrogen) atoms. The van der Waals surface area contributed by atoms with Crippen molar-refractivity contribution in [3.8, 4) is 5.75 Å². The topological polar surface area (TPSA) is 99.3 Å². The number of aromatic nitrogens is 1. The van der Waals surface area contributed by atoms with E-state index in [-0.39, 0.29) is 6.42 Å². The fourth-order valence-corrected chi connectivity index (χ4v) is 3.93. The first-order chi connectivity index (χ1) is 13.3. The minimum Gasteiger partial charge on any atom is -0.487 e. The van der Waals surface area contributed by atoms with E-state index in [0.29, 0.717) is 18.8 Å². The largest absolute Gasteiger partial charge is 0.487 e. The first-order valence-corrected chi connectivity index (χ1v) is 10.8. The SMILES string of the molecule is CS(=O)(=O)C(CCc1ccc(OCc2ccc3ccccc3n2)cc1)C(N)=O. The van der Waals surface area contributed by atoms with Crippen LogP contribution in [-0.2, 0) is 27.7 Å². The Bertz CT molecular complexity index is 1080. The summed E-state index contributed by atoms with van der Waals surface area (Å²) in [6, 6.07) is 19.2. The van der Waals surface area contributed by atoms with Gasteiger partial charge in [0.2, 0.25) is 5.91 Å². The molecule has 1 heterocycles. The lowest BCUT2D eigenvalue weighted by Crippen LogP contribution is -2.35. The Morgan fingerprint density at radius 1 is 1.07 bits per heavy atom. The van der Waals surface area contributed by atoms with Crippen LogP contribution in [0.2, 0.25) is 0 Å². The van der Waals surface area contributed by atoms with Crippen LogP contribution in [-0.4, -0.2) is 30.8 Å². The fraction of sp³-hybridized carbons (Fsp3) is 0.238. The number of hydrogen-bond donors (Lipinski definition) is 1. The van der Waals surface area contributed by atoms with Crippen LogP contribution < -0.4 is 10.5 Å². The molecule has 1 atom stereocenters. The summed E-state index contributed by atoms with van der Waals surface area (Å²) in [4.78, 5) is 15.9. The minimum absolute atomic E-state index is 0.162. The van der Waals surface area contributed by atoms with Crippen LogP contribution in [0, 0.1) is 0 Å². The molecule has 146 valence electrons. The Kier molecular flexibility index (Phi) is 5.94. The number of sulfone groups is 1. The van der Waals surface area contributed by atoms with Crippen molar-refractivity contribution in [2.24, 2.45) is 5.73 Å². The molecule has 0 aliphatic heterocycles. The van der Waals surface area contributed by atoms with Crippen molar-refractivity contribution in [3.63, 3.8) is 0 Å². The maximum atomic E-state index is 11.6. The summed E-state index contributed by atoms with van der Waals surface area (Å²) in [7, 11) is -3.50. The van der Waals surface area contributed by atoms with Crippen molar-refractivity contribution in [1.29, 1.82) is 0 Å². The summed E-state index contributed by atoms with van der Waals surface area (Å²) in [5, 5.41) is -0.0821. The number of nitrogens with zero attached hydrogens (tertiary/aromatic N) is 1. The first kappa shape index (κ1) is 19.8. The van der Waals surface area contributed by atoms with Crippen molar-refractivity contribution >= 4 is 26.6 Å². The Hall–Kier alpha value is -2.93. The van der Waals surface area contributed by atoms with E-state index in [0.717, 1.165) is 28.4 Å². The van der Waals surface area contributed by atoms with Gasteiger partial charge in [0.15, 0.2) is 9.84 Å². The molecule has 2 aromatic carbocycles. The van der Waals surface area contributed by atoms with E-state index < -0.39 is 21.0 Å². The molecule has 3 rings (SSSR count). The van der Waals surface area contributed by atoms with Crippen molar-refractivity contribution in [3.05, 3.63) is 71.9 Å². The molecular formula is C21H22N2O4S. The number of benzene rings is 2. The smallest absolute Gasteiger partial charge is 0.235 e. The highest BCUT2D eigenvalue weighted by Gasteiger charge is 2.26. The molecule has 0 saturated carbocycles. The molecule has 0 fully saturated rings. The highest BCUT2D eigenvalue weighted by atomic mass is 32.2. The van der Waals surface area contributed by atoms with E-state index >= 15 is 0 Å². The van der Waals surface area contributed by atoms with Gasteiger partial charge in [0.05, 0.1) is 11.2 Å². The number of ether oxygens (including phenoxy) is 1. The number of pyridine rings is 1. The molecule has 0 aliphatic rings. The quantitative estimate of drug-likeness (QED) is 0.629. The van der Waals surface area contributed by atoms with Crippen LogP contribution in [0.25, 0.3) is 10.9 Å². The molecular weight excluding hydrogens is 376 g/mol. The summed E-state index contributed by atoms with van der Waals surface area (Å²) in [5.74, 6) is -0.126. The molecule has 1 amide bonds. The lowest BCUT2D eigenvalue weighted by Gasteiger charge is -2.11. The van der Waals surface area contributed by atoms with E-state index in [4.69, 9.17) is 10.5 Å². The zero-order chi connectivity index (χ0) is 20.1. The number of fused-ring (bicyclic) bond motifs is 1. The lowest BCUT2D eigenvalue weighted by atomic mass is 10.1. The number of hydrogen-bond acceptors (Lipinski definition) is 5. The molecule has 0 saturated heterocycles. The Labute approximate surface area is 164 Å². The first-order valence-electron chi connectivity index (χ1n) is 8.87. The number of primary amides is 1. The number of carbonyl (C=O) groups is 1. The second-order valence-electron chi connectivity index (χ2n) is 6.69. The zero-order valence-electron chi connectivity index (χ0n) is 15.5. The Morgan fingerprint density at radius 2 is 1.79 bits per heavy atom. The summed E-state index contributed by atoms with van der Waals surface area (Å²) >= 11 is 0. The van der Waals surface area contributed by atoms with Crippen molar-refractivity contribution in [1.82, 2.24) is 4.98 Å². The third-order valence-corrected chi connectivity index (χ3v) is 6.00. The van der Waals surface area contributed by atoms with Gasteiger partial charge in [0.1, 0.15) is 17.6 Å². The maximum Gasteiger partial charge on any atom is 0.235 e. The van der Waals surface area contributed by atoms with Crippen LogP contribution in [0.4, 0.5) is 0 Å². The molecule has 1 unspecified atom stereocenters. The van der Waals surface area contributed by atoms with Gasteiger partial charge in [-0.3, -0.25) is 4.79 Å². The van der Waals surface area contributed by atoms with Gasteiger partial charge in [-0.25, -0.2) is 13.4 Å². The fourth-order valence-electron chi connectivity index (χ4n) is 2.96. The van der Waals surface area contributed by atoms with Gasteiger partial charge in [0, 0.05) is 11.6 Å². The second-order valence-corrected chi connectivity index (χ2v) is 8.92. The third-order valence-electron chi connectivity index (χ3n) is 4.50. The number of para-hydroxylation sites is 1. The maximum absolute atomic E-state index is 11.6. The van der Waals surface area contributed by atoms with Crippen LogP contribution >= 0.6 is 0 Å². The molecule has 1 aromatic heterocycles. The molecule has 0 radical (unpaired) electrons. The highest BCUT2D eigenvalue weighted by Crippen LogP contribution is 2.18. The third kappa shape index (κ3) is 5.07. The van der Waals surface area contributed by atoms with Gasteiger partial charge in [0.25, 0.3) is 0 Å². The van der Waals surface area contributed by atoms with Gasteiger partial charge in [-0.15, -0.1) is 0 Å². The molecule has 0 spiro atoms. The van der Waals surface area contributed by atoms with E-state index in [1.54, 1.807) is 0 Å². The number of aryl methyl sites for hydroxylation is 1. The number of amides is 1. The van der Waals surface area contributed by atoms with E-state index in [2.05, 4.69) is 4.98 Å². The minimum atomic E-state index is -3.50. The summed E-state index contributed by atoms with van der Waals surface area (Å²) < 4.78 is 29.0. The summed E-state index contributed by atoms with van der Waals surface area (Å²) in [6.07, 6.45) is 1.63. The second kappa shape index (κ2) is 8.39. The van der Waals surface area contributed by atoms with Gasteiger partial charge in [-0.05, 0) is 42.7 Å². The molecule has 2 N–H and O–H groups in total. The van der Waals surface area contributed by atoms with Crippen LogP contribution in [0.5, 0.6) is 5.75 Å². The molecule has 6 nitrogen and oxygen atoms in total. The summed E-state index contributed by atoms with van der Waals surface area (Å²) in [6.45, 7) is 0.349. The van der Waals surface area contributed by atoms with E-state index in [1.807, 2.05) is 60.7 Å². The van der Waals surface area contributed by atoms with Gasteiger partial charge < -0.3 is 10.5 Å². The lowest BCUT2D eigenvalue weighted by molar-refractivity contribution is -0.117. The van der Waals surface area contributed by atoms with Gasteiger partial charge >= 0.3 is 0 Å². The van der Waals surface area contributed by atoms with E-state index in [1.165, 1.54) is 0 Å². The average molecular weight is 398 g/mol. The van der Waals surface area contributed by atoms with Gasteiger partial charge in [-0.1, -0.05) is 36.4 Å². The summed E-state index contributed by atoms with van der Waals surface area (Å²) in [5.41, 5.74) is 7.86. The number of nitrogens with two attached hydrogens (primary N) is 1.